The summed E-state index contributed by atoms with van der Waals surface area (Å²) in [5.41, 5.74) is 0.348. The van der Waals surface area contributed by atoms with Gasteiger partial charge in [-0.3, -0.25) is 0 Å². The van der Waals surface area contributed by atoms with E-state index in [2.05, 4.69) is 33.2 Å². The number of rotatable bonds is 4. The highest BCUT2D eigenvalue weighted by atomic mass is 32.1. The SMILES string of the molecule is CCN(Cc1cccs1)c1cnc(C#N)cn1. The zero-order chi connectivity index (χ0) is 12.1. The summed E-state index contributed by atoms with van der Waals surface area (Å²) in [5, 5.41) is 10.7. The average molecular weight is 244 g/mol. The molecule has 0 aliphatic heterocycles. The molecule has 0 unspecified atom stereocenters. The Bertz CT molecular complexity index is 498. The van der Waals surface area contributed by atoms with Gasteiger partial charge < -0.3 is 4.90 Å². The van der Waals surface area contributed by atoms with Crippen LogP contribution >= 0.6 is 11.3 Å². The minimum absolute atomic E-state index is 0.348. The van der Waals surface area contributed by atoms with E-state index in [1.165, 1.54) is 11.1 Å². The van der Waals surface area contributed by atoms with Crippen molar-refractivity contribution in [2.24, 2.45) is 0 Å². The van der Waals surface area contributed by atoms with Crippen molar-refractivity contribution in [1.82, 2.24) is 9.97 Å². The van der Waals surface area contributed by atoms with E-state index < -0.39 is 0 Å². The first-order valence-electron chi connectivity index (χ1n) is 5.33. The van der Waals surface area contributed by atoms with Gasteiger partial charge in [-0.25, -0.2) is 9.97 Å². The summed E-state index contributed by atoms with van der Waals surface area (Å²) in [6.07, 6.45) is 3.15. The highest BCUT2D eigenvalue weighted by Crippen LogP contribution is 2.16. The third kappa shape index (κ3) is 2.80. The van der Waals surface area contributed by atoms with Crippen molar-refractivity contribution in [2.75, 3.05) is 11.4 Å². The van der Waals surface area contributed by atoms with Gasteiger partial charge in [0.05, 0.1) is 18.9 Å². The molecule has 0 amide bonds. The van der Waals surface area contributed by atoms with Crippen LogP contribution in [0.1, 0.15) is 17.5 Å². The normalized spacial score (nSPS) is 9.88. The van der Waals surface area contributed by atoms with Gasteiger partial charge in [0.2, 0.25) is 0 Å². The van der Waals surface area contributed by atoms with Crippen LogP contribution in [-0.4, -0.2) is 16.5 Å². The van der Waals surface area contributed by atoms with E-state index >= 15 is 0 Å². The van der Waals surface area contributed by atoms with E-state index in [1.807, 2.05) is 12.1 Å². The van der Waals surface area contributed by atoms with Gasteiger partial charge in [0, 0.05) is 11.4 Å². The van der Waals surface area contributed by atoms with Crippen molar-refractivity contribution in [3.05, 3.63) is 40.5 Å². The Kier molecular flexibility index (Phi) is 3.68. The third-order valence-electron chi connectivity index (χ3n) is 2.39. The molecule has 0 saturated heterocycles. The molecule has 0 aliphatic rings. The maximum atomic E-state index is 8.67. The molecule has 0 bridgehead atoms. The summed E-state index contributed by atoms with van der Waals surface area (Å²) in [6.45, 7) is 3.76. The molecule has 86 valence electrons. The van der Waals surface area contributed by atoms with Gasteiger partial charge in [-0.2, -0.15) is 5.26 Å². The van der Waals surface area contributed by atoms with Crippen LogP contribution in [-0.2, 0) is 6.54 Å². The molecule has 2 heterocycles. The second kappa shape index (κ2) is 5.41. The van der Waals surface area contributed by atoms with Gasteiger partial charge >= 0.3 is 0 Å². The first kappa shape index (κ1) is 11.6. The zero-order valence-electron chi connectivity index (χ0n) is 9.50. The first-order chi connectivity index (χ1) is 8.33. The van der Waals surface area contributed by atoms with Crippen LogP contribution in [0.2, 0.25) is 0 Å². The van der Waals surface area contributed by atoms with Crippen molar-refractivity contribution < 1.29 is 0 Å². The predicted octanol–water partition coefficient (Wildman–Crippen LogP) is 2.44. The van der Waals surface area contributed by atoms with Crippen molar-refractivity contribution in [2.45, 2.75) is 13.5 Å². The van der Waals surface area contributed by atoms with Gasteiger partial charge in [-0.1, -0.05) is 6.07 Å². The number of hydrogen-bond donors (Lipinski definition) is 0. The molecule has 0 fully saturated rings. The molecular formula is C12H12N4S. The third-order valence-corrected chi connectivity index (χ3v) is 3.25. The predicted molar refractivity (Wildman–Crippen MR) is 67.8 cm³/mol. The van der Waals surface area contributed by atoms with Crippen LogP contribution in [0, 0.1) is 11.3 Å². The summed E-state index contributed by atoms with van der Waals surface area (Å²) in [4.78, 5) is 11.7. The molecule has 0 N–H and O–H groups in total. The minimum atomic E-state index is 0.348. The Hall–Kier alpha value is -1.93. The lowest BCUT2D eigenvalue weighted by molar-refractivity contribution is 0.817. The molecular weight excluding hydrogens is 232 g/mol. The van der Waals surface area contributed by atoms with E-state index in [4.69, 9.17) is 5.26 Å². The van der Waals surface area contributed by atoms with Crippen molar-refractivity contribution in [1.29, 1.82) is 5.26 Å². The van der Waals surface area contributed by atoms with E-state index in [-0.39, 0.29) is 0 Å². The maximum absolute atomic E-state index is 8.67. The summed E-state index contributed by atoms with van der Waals surface area (Å²) < 4.78 is 0. The van der Waals surface area contributed by atoms with Gasteiger partial charge in [0.25, 0.3) is 0 Å². The van der Waals surface area contributed by atoms with Crippen molar-refractivity contribution >= 4 is 17.2 Å². The summed E-state index contributed by atoms with van der Waals surface area (Å²) in [6, 6.07) is 6.11. The Morgan fingerprint density at radius 3 is 2.82 bits per heavy atom. The molecule has 2 rings (SSSR count). The topological polar surface area (TPSA) is 52.8 Å². The van der Waals surface area contributed by atoms with Gasteiger partial charge in [0.1, 0.15) is 11.9 Å². The first-order valence-corrected chi connectivity index (χ1v) is 6.21. The quantitative estimate of drug-likeness (QED) is 0.829. The summed E-state index contributed by atoms with van der Waals surface area (Å²) >= 11 is 1.73. The maximum Gasteiger partial charge on any atom is 0.158 e. The van der Waals surface area contributed by atoms with Crippen molar-refractivity contribution in [3.63, 3.8) is 0 Å². The summed E-state index contributed by atoms with van der Waals surface area (Å²) in [5.74, 6) is 0.805. The standard InChI is InChI=1S/C12H12N4S/c1-2-16(9-11-4-3-5-17-11)12-8-14-10(6-13)7-15-12/h3-5,7-8H,2,9H2,1H3. The molecule has 2 aromatic rings. The number of nitrogens with zero attached hydrogens (tertiary/aromatic N) is 4. The Labute approximate surface area is 104 Å². The highest BCUT2D eigenvalue weighted by Gasteiger charge is 2.07. The monoisotopic (exact) mass is 244 g/mol. The van der Waals surface area contributed by atoms with Crippen LogP contribution < -0.4 is 4.90 Å². The Balaban J connectivity index is 2.14. The zero-order valence-corrected chi connectivity index (χ0v) is 10.3. The molecule has 5 heteroatoms. The van der Waals surface area contributed by atoms with Crippen LogP contribution in [0.4, 0.5) is 5.82 Å². The van der Waals surface area contributed by atoms with Crippen LogP contribution in [0.5, 0.6) is 0 Å². The molecule has 2 aromatic heterocycles. The largest absolute Gasteiger partial charge is 0.350 e. The van der Waals surface area contributed by atoms with Crippen LogP contribution in [0.25, 0.3) is 0 Å². The van der Waals surface area contributed by atoms with E-state index in [0.29, 0.717) is 5.69 Å². The highest BCUT2D eigenvalue weighted by molar-refractivity contribution is 7.09. The smallest absolute Gasteiger partial charge is 0.158 e. The molecule has 0 atom stereocenters. The van der Waals surface area contributed by atoms with Gasteiger partial charge in [0.15, 0.2) is 5.69 Å². The fourth-order valence-corrected chi connectivity index (χ4v) is 2.21. The Morgan fingerprint density at radius 2 is 2.29 bits per heavy atom. The molecule has 0 aliphatic carbocycles. The molecule has 0 aromatic carbocycles. The fourth-order valence-electron chi connectivity index (χ4n) is 1.49. The number of aromatic nitrogens is 2. The van der Waals surface area contributed by atoms with Crippen LogP contribution in [0.3, 0.4) is 0 Å². The summed E-state index contributed by atoms with van der Waals surface area (Å²) in [7, 11) is 0. The minimum Gasteiger partial charge on any atom is -0.350 e. The molecule has 0 spiro atoms. The van der Waals surface area contributed by atoms with E-state index in [1.54, 1.807) is 17.5 Å². The number of thiophene rings is 1. The lowest BCUT2D eigenvalue weighted by Gasteiger charge is -2.20. The van der Waals surface area contributed by atoms with Gasteiger partial charge in [-0.15, -0.1) is 11.3 Å². The van der Waals surface area contributed by atoms with Crippen LogP contribution in [0.15, 0.2) is 29.9 Å². The lowest BCUT2D eigenvalue weighted by Crippen LogP contribution is -2.22. The second-order valence-corrected chi connectivity index (χ2v) is 4.50. The van der Waals surface area contributed by atoms with Gasteiger partial charge in [-0.05, 0) is 18.4 Å². The molecule has 4 nitrogen and oxygen atoms in total. The fraction of sp³-hybridized carbons (Fsp3) is 0.250. The van der Waals surface area contributed by atoms with Crippen molar-refractivity contribution in [3.8, 4) is 6.07 Å². The van der Waals surface area contributed by atoms with E-state index in [9.17, 15) is 0 Å². The second-order valence-electron chi connectivity index (χ2n) is 3.47. The molecule has 17 heavy (non-hydrogen) atoms. The van der Waals surface area contributed by atoms with E-state index in [0.717, 1.165) is 18.9 Å². The average Bonchev–Trinajstić information content (AvgIpc) is 2.89. The number of hydrogen-bond acceptors (Lipinski definition) is 5. The Morgan fingerprint density at radius 1 is 1.41 bits per heavy atom. The number of anilines is 1. The number of nitriles is 1. The lowest BCUT2D eigenvalue weighted by atomic mass is 10.4. The molecule has 0 saturated carbocycles. The molecule has 0 radical (unpaired) electrons.